The van der Waals surface area contributed by atoms with Gasteiger partial charge in [0, 0.05) is 45.7 Å². The number of amides is 1. The smallest absolute Gasteiger partial charge is 0.384 e. The van der Waals surface area contributed by atoms with Crippen LogP contribution >= 0.6 is 0 Å². The van der Waals surface area contributed by atoms with Gasteiger partial charge >= 0.3 is 6.18 Å². The lowest BCUT2D eigenvalue weighted by molar-refractivity contribution is -0.138. The van der Waals surface area contributed by atoms with Crippen LogP contribution in [0.2, 0.25) is 0 Å². The zero-order valence-electron chi connectivity index (χ0n) is 12.1. The maximum atomic E-state index is 12.5. The molecule has 1 aliphatic heterocycles. The molecule has 2 rings (SSSR count). The molecule has 9 heteroatoms. The van der Waals surface area contributed by atoms with E-state index in [1.165, 1.54) is 7.11 Å². The average Bonchev–Trinajstić information content (AvgIpc) is 2.52. The first-order valence-electron chi connectivity index (χ1n) is 6.82. The molecule has 2 heterocycles. The number of carbonyl (C=O) groups excluding carboxylic acids is 1. The van der Waals surface area contributed by atoms with E-state index in [9.17, 15) is 18.0 Å². The number of rotatable bonds is 4. The summed E-state index contributed by atoms with van der Waals surface area (Å²) in [5, 5.41) is 0. The fourth-order valence-electron chi connectivity index (χ4n) is 2.13. The summed E-state index contributed by atoms with van der Waals surface area (Å²) >= 11 is 0. The molecule has 0 N–H and O–H groups in total. The zero-order valence-corrected chi connectivity index (χ0v) is 12.1. The average molecular weight is 318 g/mol. The van der Waals surface area contributed by atoms with Gasteiger partial charge in [0.25, 0.3) is 0 Å². The van der Waals surface area contributed by atoms with Crippen LogP contribution in [0, 0.1) is 0 Å². The van der Waals surface area contributed by atoms with Crippen molar-refractivity contribution in [3.63, 3.8) is 0 Å². The summed E-state index contributed by atoms with van der Waals surface area (Å²) in [5.74, 6) is 0.256. The van der Waals surface area contributed by atoms with Gasteiger partial charge in [-0.1, -0.05) is 0 Å². The maximum absolute atomic E-state index is 12.5. The van der Waals surface area contributed by atoms with E-state index in [-0.39, 0.29) is 11.9 Å². The number of methoxy groups -OCH3 is 1. The van der Waals surface area contributed by atoms with Crippen molar-refractivity contribution in [1.29, 1.82) is 0 Å². The summed E-state index contributed by atoms with van der Waals surface area (Å²) in [6, 6.07) is 0. The Morgan fingerprint density at radius 1 is 1.23 bits per heavy atom. The van der Waals surface area contributed by atoms with Crippen molar-refractivity contribution < 1.29 is 22.7 Å². The fraction of sp³-hybridized carbons (Fsp3) is 0.615. The number of ether oxygens (including phenoxy) is 1. The molecular formula is C13H17F3N4O2. The van der Waals surface area contributed by atoms with Crippen molar-refractivity contribution in [2.45, 2.75) is 12.6 Å². The van der Waals surface area contributed by atoms with Crippen LogP contribution < -0.4 is 4.90 Å². The Labute approximate surface area is 125 Å². The summed E-state index contributed by atoms with van der Waals surface area (Å²) in [7, 11) is 1.53. The van der Waals surface area contributed by atoms with Gasteiger partial charge < -0.3 is 14.5 Å². The molecule has 1 saturated heterocycles. The van der Waals surface area contributed by atoms with E-state index in [0.29, 0.717) is 39.2 Å². The summed E-state index contributed by atoms with van der Waals surface area (Å²) in [4.78, 5) is 22.8. The van der Waals surface area contributed by atoms with Gasteiger partial charge in [0.2, 0.25) is 11.9 Å². The number of halogens is 3. The number of hydrogen-bond donors (Lipinski definition) is 0. The third-order valence-corrected chi connectivity index (χ3v) is 3.40. The van der Waals surface area contributed by atoms with Gasteiger partial charge in [0.15, 0.2) is 0 Å². The van der Waals surface area contributed by atoms with Crippen molar-refractivity contribution in [2.75, 3.05) is 44.8 Å². The third-order valence-electron chi connectivity index (χ3n) is 3.40. The first-order chi connectivity index (χ1) is 10.4. The molecule has 1 aromatic rings. The minimum absolute atomic E-state index is 0.00911. The van der Waals surface area contributed by atoms with E-state index in [2.05, 4.69) is 9.97 Å². The van der Waals surface area contributed by atoms with E-state index >= 15 is 0 Å². The van der Waals surface area contributed by atoms with Crippen molar-refractivity contribution in [3.05, 3.63) is 18.0 Å². The molecule has 0 aliphatic carbocycles. The van der Waals surface area contributed by atoms with Crippen LogP contribution in [-0.2, 0) is 15.7 Å². The Bertz CT molecular complexity index is 499. The summed E-state index contributed by atoms with van der Waals surface area (Å²) < 4.78 is 42.2. The largest absolute Gasteiger partial charge is 0.419 e. The molecule has 1 fully saturated rings. The topological polar surface area (TPSA) is 58.6 Å². The molecule has 0 saturated carbocycles. The highest BCUT2D eigenvalue weighted by Crippen LogP contribution is 2.28. The molecular weight excluding hydrogens is 301 g/mol. The molecule has 0 atom stereocenters. The van der Waals surface area contributed by atoms with Crippen LogP contribution in [0.25, 0.3) is 0 Å². The number of aromatic nitrogens is 2. The lowest BCUT2D eigenvalue weighted by atomic mass is 10.3. The predicted octanol–water partition coefficient (Wildman–Crippen LogP) is 1.18. The third kappa shape index (κ3) is 4.06. The molecule has 1 aliphatic rings. The zero-order chi connectivity index (χ0) is 16.2. The molecule has 0 aromatic carbocycles. The summed E-state index contributed by atoms with van der Waals surface area (Å²) in [6.45, 7) is 2.34. The Balaban J connectivity index is 1.90. The van der Waals surface area contributed by atoms with Crippen LogP contribution in [0.4, 0.5) is 19.1 Å². The molecule has 0 spiro atoms. The van der Waals surface area contributed by atoms with Gasteiger partial charge in [-0.05, 0) is 0 Å². The van der Waals surface area contributed by atoms with Gasteiger partial charge in [-0.2, -0.15) is 13.2 Å². The van der Waals surface area contributed by atoms with Crippen molar-refractivity contribution in [3.8, 4) is 0 Å². The van der Waals surface area contributed by atoms with E-state index in [1.807, 2.05) is 0 Å². The van der Waals surface area contributed by atoms with Gasteiger partial charge in [-0.3, -0.25) is 4.79 Å². The normalized spacial score (nSPS) is 16.0. The molecule has 1 amide bonds. The predicted molar refractivity (Wildman–Crippen MR) is 72.3 cm³/mol. The molecule has 0 bridgehead atoms. The van der Waals surface area contributed by atoms with Crippen molar-refractivity contribution >= 4 is 11.9 Å². The second-order valence-corrected chi connectivity index (χ2v) is 4.88. The second kappa shape index (κ2) is 6.91. The number of piperazine rings is 1. The molecule has 6 nitrogen and oxygen atoms in total. The van der Waals surface area contributed by atoms with Crippen LogP contribution in [0.5, 0.6) is 0 Å². The highest BCUT2D eigenvalue weighted by Gasteiger charge is 2.32. The molecule has 0 radical (unpaired) electrons. The van der Waals surface area contributed by atoms with E-state index < -0.39 is 11.7 Å². The number of hydrogen-bond acceptors (Lipinski definition) is 5. The Hall–Kier alpha value is -1.90. The van der Waals surface area contributed by atoms with E-state index in [1.54, 1.807) is 9.80 Å². The summed E-state index contributed by atoms with van der Waals surface area (Å²) in [6.07, 6.45) is -2.56. The number of carbonyl (C=O) groups is 1. The SMILES string of the molecule is COCCC(=O)N1CCN(c2ncc(C(F)(F)F)cn2)CC1. The van der Waals surface area contributed by atoms with Crippen LogP contribution in [0.3, 0.4) is 0 Å². The van der Waals surface area contributed by atoms with Gasteiger partial charge in [-0.25, -0.2) is 9.97 Å². The standard InChI is InChI=1S/C13H17F3N4O2/c1-22-7-2-11(21)19-3-5-20(6-4-19)12-17-8-10(9-18-12)13(14,15)16/h8-9H,2-7H2,1H3. The van der Waals surface area contributed by atoms with Gasteiger partial charge in [0.1, 0.15) is 0 Å². The molecule has 0 unspecified atom stereocenters. The first kappa shape index (κ1) is 16.5. The van der Waals surface area contributed by atoms with Crippen LogP contribution in [0.1, 0.15) is 12.0 Å². The first-order valence-corrected chi connectivity index (χ1v) is 6.82. The van der Waals surface area contributed by atoms with Gasteiger partial charge in [-0.15, -0.1) is 0 Å². The molecule has 1 aromatic heterocycles. The van der Waals surface area contributed by atoms with Crippen LogP contribution in [-0.4, -0.2) is 60.7 Å². The number of nitrogens with zero attached hydrogens (tertiary/aromatic N) is 4. The van der Waals surface area contributed by atoms with Crippen molar-refractivity contribution in [2.24, 2.45) is 0 Å². The van der Waals surface area contributed by atoms with E-state index in [0.717, 1.165) is 12.4 Å². The highest BCUT2D eigenvalue weighted by molar-refractivity contribution is 5.76. The maximum Gasteiger partial charge on any atom is 0.419 e. The lowest BCUT2D eigenvalue weighted by Gasteiger charge is -2.34. The minimum Gasteiger partial charge on any atom is -0.384 e. The monoisotopic (exact) mass is 318 g/mol. The summed E-state index contributed by atoms with van der Waals surface area (Å²) in [5.41, 5.74) is -0.871. The Morgan fingerprint density at radius 2 is 1.82 bits per heavy atom. The fourth-order valence-corrected chi connectivity index (χ4v) is 2.13. The van der Waals surface area contributed by atoms with Gasteiger partial charge in [0.05, 0.1) is 18.6 Å². The van der Waals surface area contributed by atoms with Crippen molar-refractivity contribution in [1.82, 2.24) is 14.9 Å². The van der Waals surface area contributed by atoms with E-state index in [4.69, 9.17) is 4.74 Å². The molecule has 122 valence electrons. The van der Waals surface area contributed by atoms with Crippen LogP contribution in [0.15, 0.2) is 12.4 Å². The number of anilines is 1. The Morgan fingerprint density at radius 3 is 2.32 bits per heavy atom. The molecule has 22 heavy (non-hydrogen) atoms. The second-order valence-electron chi connectivity index (χ2n) is 4.88. The lowest BCUT2D eigenvalue weighted by Crippen LogP contribution is -2.49. The number of alkyl halides is 3. The quantitative estimate of drug-likeness (QED) is 0.834. The minimum atomic E-state index is -4.44. The highest BCUT2D eigenvalue weighted by atomic mass is 19.4. The Kier molecular flexibility index (Phi) is 5.17.